The van der Waals surface area contributed by atoms with E-state index in [1.165, 1.54) is 13.8 Å². The van der Waals surface area contributed by atoms with Crippen molar-refractivity contribution < 1.29 is 39.7 Å². The van der Waals surface area contributed by atoms with Crippen LogP contribution in [-0.2, 0) is 19.4 Å². The van der Waals surface area contributed by atoms with E-state index in [2.05, 4.69) is 19.4 Å². The fourth-order valence-electron chi connectivity index (χ4n) is 2.52. The summed E-state index contributed by atoms with van der Waals surface area (Å²) in [6.45, 7) is 2.65. The minimum atomic E-state index is -2.01. The predicted octanol–water partition coefficient (Wildman–Crippen LogP) is -0.420. The lowest BCUT2D eigenvalue weighted by Crippen LogP contribution is -2.62. The van der Waals surface area contributed by atoms with Gasteiger partial charge < -0.3 is 19.4 Å². The summed E-state index contributed by atoms with van der Waals surface area (Å²) in [5.74, 6) is -1.87. The van der Waals surface area contributed by atoms with Crippen molar-refractivity contribution in [1.29, 1.82) is 0 Å². The van der Waals surface area contributed by atoms with E-state index in [9.17, 15) is 40.5 Å². The molecule has 0 saturated heterocycles. The monoisotopic (exact) mass is 356 g/mol. The normalized spacial score (nSPS) is 32.2. The van der Waals surface area contributed by atoms with E-state index in [0.717, 1.165) is 0 Å². The van der Waals surface area contributed by atoms with Crippen molar-refractivity contribution in [3.05, 3.63) is 40.5 Å². The van der Waals surface area contributed by atoms with Crippen molar-refractivity contribution in [3.63, 3.8) is 0 Å². The molecule has 16 nitrogen and oxygen atoms in total. The van der Waals surface area contributed by atoms with Crippen LogP contribution in [0.25, 0.3) is 0 Å². The second kappa shape index (κ2) is 7.38. The SMILES string of the molecule is CC1C(C)C(O[N+](=O)[O-])C(O[N+](=O)[O-])C(O[N+](=O)[O-])C1O[N+](=O)[O-]. The molecule has 6 unspecified atom stereocenters. The van der Waals surface area contributed by atoms with E-state index in [-0.39, 0.29) is 0 Å². The van der Waals surface area contributed by atoms with E-state index >= 15 is 0 Å². The Kier molecular flexibility index (Phi) is 5.79. The summed E-state index contributed by atoms with van der Waals surface area (Å²) in [7, 11) is 0. The topological polar surface area (TPSA) is 209 Å². The molecule has 6 atom stereocenters. The Bertz CT molecular complexity index is 481. The molecule has 24 heavy (non-hydrogen) atoms. The lowest BCUT2D eigenvalue weighted by atomic mass is 9.74. The maximum atomic E-state index is 10.6. The maximum Gasteiger partial charge on any atom is 0.294 e. The van der Waals surface area contributed by atoms with Gasteiger partial charge in [-0.1, -0.05) is 13.8 Å². The van der Waals surface area contributed by atoms with Crippen LogP contribution in [-0.4, -0.2) is 44.8 Å². The van der Waals surface area contributed by atoms with Gasteiger partial charge in [0, 0.05) is 0 Å². The first-order chi connectivity index (χ1) is 11.0. The van der Waals surface area contributed by atoms with Gasteiger partial charge in [-0.3, -0.25) is 0 Å². The number of hydrogen-bond donors (Lipinski definition) is 0. The second-order valence-electron chi connectivity index (χ2n) is 4.89. The highest BCUT2D eigenvalue weighted by Gasteiger charge is 2.54. The van der Waals surface area contributed by atoms with Crippen LogP contribution in [0.2, 0.25) is 0 Å². The van der Waals surface area contributed by atoms with Gasteiger partial charge in [-0.2, -0.15) is 0 Å². The third kappa shape index (κ3) is 4.40. The summed E-state index contributed by atoms with van der Waals surface area (Å²) < 4.78 is 0. The Morgan fingerprint density at radius 2 is 0.750 bits per heavy atom. The quantitative estimate of drug-likeness (QED) is 0.401. The summed E-state index contributed by atoms with van der Waals surface area (Å²) in [5, 5.41) is 37.1. The van der Waals surface area contributed by atoms with Gasteiger partial charge in [-0.15, -0.1) is 40.5 Å². The van der Waals surface area contributed by atoms with Crippen LogP contribution >= 0.6 is 0 Å². The van der Waals surface area contributed by atoms with E-state index in [1.54, 1.807) is 0 Å². The third-order valence-corrected chi connectivity index (χ3v) is 3.67. The van der Waals surface area contributed by atoms with Crippen molar-refractivity contribution >= 4 is 0 Å². The fourth-order valence-corrected chi connectivity index (χ4v) is 2.52. The van der Waals surface area contributed by atoms with Crippen LogP contribution in [0.5, 0.6) is 0 Å². The van der Waals surface area contributed by atoms with Crippen molar-refractivity contribution in [1.82, 2.24) is 0 Å². The van der Waals surface area contributed by atoms with Gasteiger partial charge in [-0.25, -0.2) is 0 Å². The summed E-state index contributed by atoms with van der Waals surface area (Å²) in [5.41, 5.74) is 0. The maximum absolute atomic E-state index is 10.6. The highest BCUT2D eigenvalue weighted by Crippen LogP contribution is 2.37. The Balaban J connectivity index is 3.28. The number of hydrogen-bond acceptors (Lipinski definition) is 12. The smallest absolute Gasteiger partial charge is 0.294 e. The molecule has 0 heterocycles. The second-order valence-corrected chi connectivity index (χ2v) is 4.89. The van der Waals surface area contributed by atoms with Crippen molar-refractivity contribution in [2.75, 3.05) is 0 Å². The van der Waals surface area contributed by atoms with E-state index < -0.39 is 56.6 Å². The molecule has 1 aliphatic carbocycles. The largest absolute Gasteiger partial charge is 0.308 e. The van der Waals surface area contributed by atoms with Gasteiger partial charge in [0.05, 0.1) is 0 Å². The highest BCUT2D eigenvalue weighted by molar-refractivity contribution is 4.96. The molecule has 0 spiro atoms. The van der Waals surface area contributed by atoms with Crippen LogP contribution in [0, 0.1) is 52.3 Å². The summed E-state index contributed by atoms with van der Waals surface area (Å²) in [4.78, 5) is 59.4. The summed E-state index contributed by atoms with van der Waals surface area (Å²) in [6.07, 6.45) is -7.33. The molecular formula is C8H12N4O12. The van der Waals surface area contributed by atoms with Crippen LogP contribution in [0.3, 0.4) is 0 Å². The standard InChI is InChI=1S/C8H12N4O12/c1-3-4(2)6(22-10(15)16)8(24-12(19)20)7(23-11(17)18)5(3)21-9(13)14/h3-8H,1-2H3. The molecule has 0 amide bonds. The summed E-state index contributed by atoms with van der Waals surface area (Å²) in [6, 6.07) is 0. The van der Waals surface area contributed by atoms with E-state index in [4.69, 9.17) is 0 Å². The first kappa shape index (κ1) is 18.8. The Labute approximate surface area is 131 Å². The number of rotatable bonds is 8. The molecule has 136 valence electrons. The lowest BCUT2D eigenvalue weighted by Gasteiger charge is -2.44. The van der Waals surface area contributed by atoms with Crippen molar-refractivity contribution in [2.45, 2.75) is 38.3 Å². The average molecular weight is 356 g/mol. The predicted molar refractivity (Wildman–Crippen MR) is 65.8 cm³/mol. The minimum absolute atomic E-state index is 0.933. The van der Waals surface area contributed by atoms with Gasteiger partial charge in [0.25, 0.3) is 20.3 Å². The Hall–Kier alpha value is -3.20. The average Bonchev–Trinajstić information content (AvgIpc) is 2.42. The molecular weight excluding hydrogens is 344 g/mol. The first-order valence-corrected chi connectivity index (χ1v) is 6.29. The third-order valence-electron chi connectivity index (χ3n) is 3.67. The van der Waals surface area contributed by atoms with Crippen LogP contribution in [0.15, 0.2) is 0 Å². The van der Waals surface area contributed by atoms with Gasteiger partial charge >= 0.3 is 0 Å². The van der Waals surface area contributed by atoms with Gasteiger partial charge in [0.2, 0.25) is 0 Å². The first-order valence-electron chi connectivity index (χ1n) is 6.29. The van der Waals surface area contributed by atoms with Crippen LogP contribution in [0.1, 0.15) is 13.8 Å². The molecule has 1 fully saturated rings. The molecule has 0 N–H and O–H groups in total. The molecule has 0 bridgehead atoms. The van der Waals surface area contributed by atoms with Gasteiger partial charge in [0.1, 0.15) is 12.2 Å². The highest BCUT2D eigenvalue weighted by atomic mass is 17.0. The lowest BCUT2D eigenvalue weighted by molar-refractivity contribution is -0.833. The van der Waals surface area contributed by atoms with Gasteiger partial charge in [0.15, 0.2) is 12.2 Å². The van der Waals surface area contributed by atoms with Crippen molar-refractivity contribution in [2.24, 2.45) is 11.8 Å². The van der Waals surface area contributed by atoms with E-state index in [1.807, 2.05) is 0 Å². The number of nitrogens with zero attached hydrogens (tertiary/aromatic N) is 4. The van der Waals surface area contributed by atoms with Crippen LogP contribution < -0.4 is 0 Å². The Morgan fingerprint density at radius 1 is 0.542 bits per heavy atom. The molecule has 0 aromatic carbocycles. The van der Waals surface area contributed by atoms with Crippen LogP contribution in [0.4, 0.5) is 0 Å². The molecule has 0 aromatic rings. The van der Waals surface area contributed by atoms with Gasteiger partial charge in [-0.05, 0) is 11.8 Å². The molecule has 0 radical (unpaired) electrons. The zero-order valence-corrected chi connectivity index (χ0v) is 12.2. The Morgan fingerprint density at radius 3 is 0.958 bits per heavy atom. The van der Waals surface area contributed by atoms with Crippen molar-refractivity contribution in [3.8, 4) is 0 Å². The van der Waals surface area contributed by atoms with E-state index in [0.29, 0.717) is 0 Å². The molecule has 0 aliphatic heterocycles. The molecule has 1 saturated carbocycles. The zero-order valence-electron chi connectivity index (χ0n) is 12.2. The summed E-state index contributed by atoms with van der Waals surface area (Å²) >= 11 is 0. The molecule has 1 aliphatic rings. The molecule has 1 rings (SSSR count). The molecule has 0 aromatic heterocycles. The molecule has 16 heteroatoms. The minimum Gasteiger partial charge on any atom is -0.308 e. The fraction of sp³-hybridized carbons (Fsp3) is 1.00. The zero-order chi connectivity index (χ0) is 18.6.